The summed E-state index contributed by atoms with van der Waals surface area (Å²) in [5.74, 6) is -4.83. The molecule has 2 aromatic heterocycles. The fraction of sp³-hybridized carbons (Fsp3) is 0.450. The lowest BCUT2D eigenvalue weighted by Crippen LogP contribution is -2.52. The van der Waals surface area contributed by atoms with Gasteiger partial charge in [0.2, 0.25) is 11.5 Å². The van der Waals surface area contributed by atoms with Crippen LogP contribution < -0.4 is 10.9 Å². The van der Waals surface area contributed by atoms with E-state index in [0.29, 0.717) is 17.7 Å². The summed E-state index contributed by atoms with van der Waals surface area (Å²) in [6.45, 7) is 3.45. The SMILES string of the molecule is CCc1[nH]c(=O)ccc1C1CN([C@@H](C)C(=O)Nc2ccc(F)cn2)CCC1(F)F. The van der Waals surface area contributed by atoms with Crippen molar-refractivity contribution >= 4 is 11.7 Å². The molecule has 1 unspecified atom stereocenters. The minimum atomic E-state index is -2.95. The monoisotopic (exact) mass is 408 g/mol. The number of H-pyrrole nitrogens is 1. The Labute approximate surface area is 166 Å². The molecular weight excluding hydrogens is 385 g/mol. The van der Waals surface area contributed by atoms with Crippen LogP contribution >= 0.6 is 0 Å². The summed E-state index contributed by atoms with van der Waals surface area (Å²) in [6.07, 6.45) is 1.01. The van der Waals surface area contributed by atoms with Gasteiger partial charge in [-0.2, -0.15) is 0 Å². The Bertz CT molecular complexity index is 930. The summed E-state index contributed by atoms with van der Waals surface area (Å²) in [6, 6.07) is 4.52. The van der Waals surface area contributed by atoms with Crippen LogP contribution in [-0.2, 0) is 11.2 Å². The quantitative estimate of drug-likeness (QED) is 0.798. The van der Waals surface area contributed by atoms with E-state index in [9.17, 15) is 22.8 Å². The standard InChI is InChI=1S/C20H23F3N4O2/c1-3-16-14(5-7-18(28)25-16)15-11-27(9-8-20(15,22)23)12(2)19(29)26-17-6-4-13(21)10-24-17/h4-7,10,12,15H,3,8-9,11H2,1-2H3,(H,25,28)(H,24,26,29)/t12-,15?/m0/s1. The van der Waals surface area contributed by atoms with Gasteiger partial charge < -0.3 is 10.3 Å². The number of alkyl halides is 2. The molecule has 1 amide bonds. The van der Waals surface area contributed by atoms with E-state index in [1.165, 1.54) is 24.3 Å². The van der Waals surface area contributed by atoms with Crippen LogP contribution in [0.25, 0.3) is 0 Å². The molecule has 1 fully saturated rings. The zero-order valence-corrected chi connectivity index (χ0v) is 16.2. The summed E-state index contributed by atoms with van der Waals surface area (Å²) in [4.78, 5) is 32.2. The van der Waals surface area contributed by atoms with Gasteiger partial charge >= 0.3 is 0 Å². The predicted molar refractivity (Wildman–Crippen MR) is 103 cm³/mol. The molecule has 1 aliphatic heterocycles. The molecule has 3 rings (SSSR count). The van der Waals surface area contributed by atoms with Crippen LogP contribution in [0, 0.1) is 5.82 Å². The van der Waals surface area contributed by atoms with Crippen molar-refractivity contribution in [1.82, 2.24) is 14.9 Å². The molecule has 1 saturated heterocycles. The number of hydrogen-bond acceptors (Lipinski definition) is 4. The van der Waals surface area contributed by atoms with E-state index in [0.717, 1.165) is 6.20 Å². The largest absolute Gasteiger partial charge is 0.326 e. The van der Waals surface area contributed by atoms with E-state index >= 15 is 0 Å². The molecule has 29 heavy (non-hydrogen) atoms. The summed E-state index contributed by atoms with van der Waals surface area (Å²) < 4.78 is 42.4. The minimum Gasteiger partial charge on any atom is -0.326 e. The van der Waals surface area contributed by atoms with Gasteiger partial charge in [0.15, 0.2) is 0 Å². The fourth-order valence-electron chi connectivity index (χ4n) is 3.60. The van der Waals surface area contributed by atoms with Crippen LogP contribution in [0.15, 0.2) is 35.3 Å². The summed E-state index contributed by atoms with van der Waals surface area (Å²) >= 11 is 0. The average Bonchev–Trinajstić information content (AvgIpc) is 2.69. The van der Waals surface area contributed by atoms with E-state index in [-0.39, 0.29) is 24.5 Å². The predicted octanol–water partition coefficient (Wildman–Crippen LogP) is 2.92. The van der Waals surface area contributed by atoms with Gasteiger partial charge in [0.1, 0.15) is 11.6 Å². The number of aryl methyl sites for hydroxylation is 1. The van der Waals surface area contributed by atoms with Crippen molar-refractivity contribution in [3.05, 3.63) is 57.9 Å². The zero-order chi connectivity index (χ0) is 21.2. The molecule has 0 radical (unpaired) electrons. The lowest BCUT2D eigenvalue weighted by molar-refractivity contribution is -0.125. The fourth-order valence-corrected chi connectivity index (χ4v) is 3.60. The summed E-state index contributed by atoms with van der Waals surface area (Å²) in [5, 5.41) is 2.58. The number of aromatic amines is 1. The van der Waals surface area contributed by atoms with Gasteiger partial charge in [0, 0.05) is 31.3 Å². The molecule has 0 aliphatic carbocycles. The first-order valence-electron chi connectivity index (χ1n) is 9.47. The van der Waals surface area contributed by atoms with Crippen molar-refractivity contribution in [2.45, 2.75) is 44.6 Å². The maximum absolute atomic E-state index is 14.7. The zero-order valence-electron chi connectivity index (χ0n) is 16.2. The molecule has 6 nitrogen and oxygen atoms in total. The molecule has 0 spiro atoms. The first-order valence-corrected chi connectivity index (χ1v) is 9.47. The number of nitrogens with one attached hydrogen (secondary N) is 2. The molecule has 1 aliphatic rings. The molecule has 156 valence electrons. The number of anilines is 1. The molecule has 2 N–H and O–H groups in total. The van der Waals surface area contributed by atoms with Crippen molar-refractivity contribution in [3.8, 4) is 0 Å². The highest BCUT2D eigenvalue weighted by Crippen LogP contribution is 2.41. The molecule has 0 bridgehead atoms. The first kappa shape index (κ1) is 21.0. The number of rotatable bonds is 5. The summed E-state index contributed by atoms with van der Waals surface area (Å²) in [5.41, 5.74) is 0.548. The highest BCUT2D eigenvalue weighted by molar-refractivity contribution is 5.93. The molecule has 0 saturated carbocycles. The van der Waals surface area contributed by atoms with Gasteiger partial charge in [0.05, 0.1) is 18.2 Å². The highest BCUT2D eigenvalue weighted by Gasteiger charge is 2.47. The summed E-state index contributed by atoms with van der Waals surface area (Å²) in [7, 11) is 0. The van der Waals surface area contributed by atoms with Gasteiger partial charge in [0.25, 0.3) is 5.92 Å². The number of hydrogen-bond donors (Lipinski definition) is 2. The van der Waals surface area contributed by atoms with Gasteiger partial charge in [-0.3, -0.25) is 14.5 Å². The second-order valence-electron chi connectivity index (χ2n) is 7.20. The Kier molecular flexibility index (Phi) is 6.07. The molecule has 3 heterocycles. The lowest BCUT2D eigenvalue weighted by atomic mass is 9.85. The number of likely N-dealkylation sites (tertiary alicyclic amines) is 1. The van der Waals surface area contributed by atoms with Crippen LogP contribution in [0.2, 0.25) is 0 Å². The number of pyridine rings is 2. The van der Waals surface area contributed by atoms with Crippen LogP contribution in [0.5, 0.6) is 0 Å². The van der Waals surface area contributed by atoms with Gasteiger partial charge in [-0.05, 0) is 31.0 Å². The number of amides is 1. The van der Waals surface area contributed by atoms with Crippen molar-refractivity contribution in [2.24, 2.45) is 0 Å². The normalized spacial score (nSPS) is 20.2. The molecule has 2 atom stereocenters. The molecule has 2 aromatic rings. The van der Waals surface area contributed by atoms with Crippen molar-refractivity contribution in [1.29, 1.82) is 0 Å². The number of aromatic nitrogens is 2. The minimum absolute atomic E-state index is 0.0303. The Morgan fingerprint density at radius 3 is 2.79 bits per heavy atom. The third-order valence-corrected chi connectivity index (χ3v) is 5.33. The molecule has 0 aromatic carbocycles. The number of halogens is 3. The van der Waals surface area contributed by atoms with E-state index in [4.69, 9.17) is 0 Å². The maximum Gasteiger partial charge on any atom is 0.257 e. The number of piperidine rings is 1. The maximum atomic E-state index is 14.7. The third kappa shape index (κ3) is 4.67. The third-order valence-electron chi connectivity index (χ3n) is 5.33. The lowest BCUT2D eigenvalue weighted by Gasteiger charge is -2.41. The van der Waals surface area contributed by atoms with Crippen LogP contribution in [0.3, 0.4) is 0 Å². The van der Waals surface area contributed by atoms with E-state index in [1.54, 1.807) is 18.7 Å². The van der Waals surface area contributed by atoms with E-state index < -0.39 is 36.0 Å². The number of nitrogens with zero attached hydrogens (tertiary/aromatic N) is 2. The van der Waals surface area contributed by atoms with Gasteiger partial charge in [-0.25, -0.2) is 18.2 Å². The smallest absolute Gasteiger partial charge is 0.257 e. The Balaban J connectivity index is 1.78. The van der Waals surface area contributed by atoms with Crippen molar-refractivity contribution in [3.63, 3.8) is 0 Å². The average molecular weight is 408 g/mol. The molecule has 9 heteroatoms. The second kappa shape index (κ2) is 8.36. The molecular formula is C20H23F3N4O2. The van der Waals surface area contributed by atoms with Crippen LogP contribution in [0.4, 0.5) is 19.0 Å². The topological polar surface area (TPSA) is 78.1 Å². The Morgan fingerprint density at radius 1 is 1.38 bits per heavy atom. The van der Waals surface area contributed by atoms with Gasteiger partial charge in [-0.1, -0.05) is 13.0 Å². The van der Waals surface area contributed by atoms with Crippen molar-refractivity contribution in [2.75, 3.05) is 18.4 Å². The second-order valence-corrected chi connectivity index (χ2v) is 7.20. The van der Waals surface area contributed by atoms with Crippen LogP contribution in [-0.4, -0.2) is 45.8 Å². The van der Waals surface area contributed by atoms with E-state index in [2.05, 4.69) is 15.3 Å². The number of carbonyl (C=O) groups is 1. The highest BCUT2D eigenvalue weighted by atomic mass is 19.3. The van der Waals surface area contributed by atoms with E-state index in [1.807, 2.05) is 0 Å². The van der Waals surface area contributed by atoms with Crippen LogP contribution in [0.1, 0.15) is 37.4 Å². The first-order chi connectivity index (χ1) is 13.7. The Morgan fingerprint density at radius 2 is 2.14 bits per heavy atom. The number of carbonyl (C=O) groups excluding carboxylic acids is 1. The van der Waals surface area contributed by atoms with Crippen molar-refractivity contribution < 1.29 is 18.0 Å². The Hall–Kier alpha value is -2.68. The van der Waals surface area contributed by atoms with Gasteiger partial charge in [-0.15, -0.1) is 0 Å².